The summed E-state index contributed by atoms with van der Waals surface area (Å²) >= 11 is 1.53. The van der Waals surface area contributed by atoms with Crippen molar-refractivity contribution in [1.29, 1.82) is 0 Å². The fourth-order valence-corrected chi connectivity index (χ4v) is 1.90. The second-order valence-electron chi connectivity index (χ2n) is 3.55. The van der Waals surface area contributed by atoms with Crippen molar-refractivity contribution in [3.8, 4) is 0 Å². The van der Waals surface area contributed by atoms with Gasteiger partial charge in [0.25, 0.3) is 0 Å². The molecule has 1 amide bonds. The van der Waals surface area contributed by atoms with Gasteiger partial charge in [0.05, 0.1) is 6.54 Å². The zero-order valence-electron chi connectivity index (χ0n) is 9.17. The number of nitrogens with one attached hydrogen (secondary N) is 2. The van der Waals surface area contributed by atoms with Crippen LogP contribution in [0, 0.1) is 0 Å². The van der Waals surface area contributed by atoms with Crippen LogP contribution in [-0.2, 0) is 4.79 Å². The van der Waals surface area contributed by atoms with E-state index in [0.29, 0.717) is 0 Å². The first-order chi connectivity index (χ1) is 7.88. The number of alkyl halides is 3. The Bertz CT molecular complexity index is 351. The zero-order valence-corrected chi connectivity index (χ0v) is 9.99. The number of halogens is 3. The van der Waals surface area contributed by atoms with E-state index < -0.39 is 18.6 Å². The van der Waals surface area contributed by atoms with Gasteiger partial charge in [-0.05, 0) is 29.3 Å². The van der Waals surface area contributed by atoms with E-state index in [1.807, 2.05) is 23.8 Å². The maximum atomic E-state index is 11.8. The maximum absolute atomic E-state index is 11.8. The molecule has 0 spiro atoms. The second-order valence-corrected chi connectivity index (χ2v) is 4.33. The lowest BCUT2D eigenvalue weighted by Crippen LogP contribution is -2.39. The number of carbonyl (C=O) groups excluding carboxylic acids is 1. The van der Waals surface area contributed by atoms with Gasteiger partial charge < -0.3 is 10.6 Å². The Morgan fingerprint density at radius 3 is 2.76 bits per heavy atom. The van der Waals surface area contributed by atoms with Gasteiger partial charge in [0.1, 0.15) is 6.54 Å². The number of thiophene rings is 1. The summed E-state index contributed by atoms with van der Waals surface area (Å²) in [6, 6.07) is 1.84. The Labute approximate surface area is 101 Å². The van der Waals surface area contributed by atoms with Gasteiger partial charge in [-0.15, -0.1) is 0 Å². The summed E-state index contributed by atoms with van der Waals surface area (Å²) in [6.45, 7) is 0.423. The van der Waals surface area contributed by atoms with Gasteiger partial charge in [0.2, 0.25) is 5.91 Å². The number of rotatable bonds is 5. The Morgan fingerprint density at radius 1 is 1.53 bits per heavy atom. The molecule has 96 valence electrons. The Kier molecular flexibility index (Phi) is 4.95. The first-order valence-corrected chi connectivity index (χ1v) is 5.91. The van der Waals surface area contributed by atoms with Crippen LogP contribution in [0.1, 0.15) is 18.5 Å². The SMILES string of the molecule is CC(NCC(=O)NCC(F)(F)F)c1ccsc1. The van der Waals surface area contributed by atoms with Crippen molar-refractivity contribution in [3.05, 3.63) is 22.4 Å². The summed E-state index contributed by atoms with van der Waals surface area (Å²) in [5.41, 5.74) is 1.01. The monoisotopic (exact) mass is 266 g/mol. The molecule has 1 atom stereocenters. The van der Waals surface area contributed by atoms with Crippen molar-refractivity contribution >= 4 is 17.2 Å². The average Bonchev–Trinajstić information content (AvgIpc) is 2.75. The van der Waals surface area contributed by atoms with Crippen LogP contribution in [-0.4, -0.2) is 25.2 Å². The number of carbonyl (C=O) groups is 1. The molecule has 0 fully saturated rings. The highest BCUT2D eigenvalue weighted by Gasteiger charge is 2.27. The third-order valence-corrected chi connectivity index (χ3v) is 2.80. The summed E-state index contributed by atoms with van der Waals surface area (Å²) in [4.78, 5) is 11.1. The molecule has 0 bridgehead atoms. The third-order valence-electron chi connectivity index (χ3n) is 2.10. The first-order valence-electron chi connectivity index (χ1n) is 4.97. The maximum Gasteiger partial charge on any atom is 0.405 e. The normalized spacial score (nSPS) is 13.4. The molecule has 1 unspecified atom stereocenters. The van der Waals surface area contributed by atoms with Gasteiger partial charge in [-0.1, -0.05) is 0 Å². The predicted octanol–water partition coefficient (Wildman–Crippen LogP) is 2.08. The van der Waals surface area contributed by atoms with E-state index >= 15 is 0 Å². The highest BCUT2D eigenvalue weighted by Crippen LogP contribution is 2.15. The molecular formula is C10H13F3N2OS. The lowest BCUT2D eigenvalue weighted by Gasteiger charge is -2.13. The van der Waals surface area contributed by atoms with Gasteiger partial charge >= 0.3 is 6.18 Å². The van der Waals surface area contributed by atoms with Crippen molar-refractivity contribution in [3.63, 3.8) is 0 Å². The third kappa shape index (κ3) is 5.69. The van der Waals surface area contributed by atoms with Crippen LogP contribution in [0.15, 0.2) is 16.8 Å². The van der Waals surface area contributed by atoms with Crippen molar-refractivity contribution in [2.24, 2.45) is 0 Å². The molecule has 1 aromatic heterocycles. The average molecular weight is 266 g/mol. The Morgan fingerprint density at radius 2 is 2.24 bits per heavy atom. The molecule has 0 saturated heterocycles. The Balaban J connectivity index is 2.24. The lowest BCUT2D eigenvalue weighted by molar-refractivity contribution is -0.137. The topological polar surface area (TPSA) is 41.1 Å². The summed E-state index contributed by atoms with van der Waals surface area (Å²) in [5, 5.41) is 8.47. The fraction of sp³-hybridized carbons (Fsp3) is 0.500. The van der Waals surface area contributed by atoms with Gasteiger partial charge in [-0.2, -0.15) is 24.5 Å². The molecule has 0 radical (unpaired) electrons. The number of hydrogen-bond donors (Lipinski definition) is 2. The minimum Gasteiger partial charge on any atom is -0.346 e. The number of hydrogen-bond acceptors (Lipinski definition) is 3. The van der Waals surface area contributed by atoms with E-state index in [0.717, 1.165) is 5.56 Å². The van der Waals surface area contributed by atoms with Crippen LogP contribution in [0.5, 0.6) is 0 Å². The fourth-order valence-electron chi connectivity index (χ4n) is 1.15. The smallest absolute Gasteiger partial charge is 0.346 e. The molecule has 0 aliphatic carbocycles. The van der Waals surface area contributed by atoms with E-state index in [1.54, 1.807) is 5.32 Å². The van der Waals surface area contributed by atoms with Crippen molar-refractivity contribution in [1.82, 2.24) is 10.6 Å². The summed E-state index contributed by atoms with van der Waals surface area (Å²) in [6.07, 6.45) is -4.37. The molecule has 1 rings (SSSR count). The molecule has 17 heavy (non-hydrogen) atoms. The molecule has 3 nitrogen and oxygen atoms in total. The van der Waals surface area contributed by atoms with Crippen LogP contribution in [0.4, 0.5) is 13.2 Å². The molecule has 2 N–H and O–H groups in total. The molecule has 0 aliphatic rings. The molecule has 1 aromatic rings. The number of amides is 1. The van der Waals surface area contributed by atoms with Gasteiger partial charge in [0.15, 0.2) is 0 Å². The van der Waals surface area contributed by atoms with E-state index in [1.165, 1.54) is 11.3 Å². The van der Waals surface area contributed by atoms with Crippen LogP contribution in [0.3, 0.4) is 0 Å². The minimum atomic E-state index is -4.37. The van der Waals surface area contributed by atoms with E-state index in [2.05, 4.69) is 5.32 Å². The van der Waals surface area contributed by atoms with Gasteiger partial charge in [0, 0.05) is 6.04 Å². The van der Waals surface area contributed by atoms with Crippen LogP contribution in [0.2, 0.25) is 0 Å². The molecular weight excluding hydrogens is 253 g/mol. The second kappa shape index (κ2) is 6.02. The largest absolute Gasteiger partial charge is 0.405 e. The summed E-state index contributed by atoms with van der Waals surface area (Å²) in [5.74, 6) is -0.663. The quantitative estimate of drug-likeness (QED) is 0.856. The summed E-state index contributed by atoms with van der Waals surface area (Å²) < 4.78 is 35.4. The van der Waals surface area contributed by atoms with E-state index in [9.17, 15) is 18.0 Å². The molecule has 0 aromatic carbocycles. The highest BCUT2D eigenvalue weighted by atomic mass is 32.1. The predicted molar refractivity (Wildman–Crippen MR) is 59.8 cm³/mol. The van der Waals surface area contributed by atoms with Crippen molar-refractivity contribution in [2.45, 2.75) is 19.1 Å². The van der Waals surface area contributed by atoms with E-state index in [-0.39, 0.29) is 12.6 Å². The summed E-state index contributed by atoms with van der Waals surface area (Å²) in [7, 11) is 0. The van der Waals surface area contributed by atoms with Crippen molar-refractivity contribution in [2.75, 3.05) is 13.1 Å². The van der Waals surface area contributed by atoms with Crippen molar-refractivity contribution < 1.29 is 18.0 Å². The van der Waals surface area contributed by atoms with Crippen LogP contribution < -0.4 is 10.6 Å². The minimum absolute atomic E-state index is 0.0575. The standard InChI is InChI=1S/C10H13F3N2OS/c1-7(8-2-3-17-5-8)14-4-9(16)15-6-10(11,12)13/h2-3,5,7,14H,4,6H2,1H3,(H,15,16). The molecule has 0 aliphatic heterocycles. The highest BCUT2D eigenvalue weighted by molar-refractivity contribution is 7.07. The Hall–Kier alpha value is -1.08. The molecule has 0 saturated carbocycles. The van der Waals surface area contributed by atoms with Crippen LogP contribution >= 0.6 is 11.3 Å². The first kappa shape index (κ1) is 14.0. The van der Waals surface area contributed by atoms with Gasteiger partial charge in [-0.25, -0.2) is 0 Å². The van der Waals surface area contributed by atoms with Crippen LogP contribution in [0.25, 0.3) is 0 Å². The zero-order chi connectivity index (χ0) is 12.9. The molecule has 1 heterocycles. The van der Waals surface area contributed by atoms with E-state index in [4.69, 9.17) is 0 Å². The molecule has 7 heteroatoms. The van der Waals surface area contributed by atoms with Gasteiger partial charge in [-0.3, -0.25) is 4.79 Å². The lowest BCUT2D eigenvalue weighted by atomic mass is 10.2.